The van der Waals surface area contributed by atoms with Crippen molar-refractivity contribution in [3.63, 3.8) is 0 Å². The molecule has 6 heteroatoms. The number of hydrogen-bond acceptors (Lipinski definition) is 6. The molecule has 0 amide bonds. The van der Waals surface area contributed by atoms with Crippen LogP contribution in [-0.2, 0) is 5.41 Å². The van der Waals surface area contributed by atoms with E-state index in [1.807, 2.05) is 36.4 Å². The molecule has 0 N–H and O–H groups in total. The van der Waals surface area contributed by atoms with Crippen molar-refractivity contribution in [1.82, 2.24) is 0 Å². The lowest BCUT2D eigenvalue weighted by molar-refractivity contribution is 0.497. The monoisotopic (exact) mass is 423 g/mol. The highest BCUT2D eigenvalue weighted by molar-refractivity contribution is 5.53. The predicted octanol–water partition coefficient (Wildman–Crippen LogP) is 5.79. The second-order valence-electron chi connectivity index (χ2n) is 7.16. The molecular formula is C26H21N3O3. The summed E-state index contributed by atoms with van der Waals surface area (Å²) in [7, 11) is 0. The molecule has 0 bridgehead atoms. The van der Waals surface area contributed by atoms with Crippen LogP contribution in [0.25, 0.3) is 0 Å². The summed E-state index contributed by atoms with van der Waals surface area (Å²) in [5, 5.41) is 26.5. The highest BCUT2D eigenvalue weighted by Crippen LogP contribution is 2.44. The van der Waals surface area contributed by atoms with Crippen molar-refractivity contribution in [2.75, 3.05) is 0 Å². The fourth-order valence-corrected chi connectivity index (χ4v) is 3.96. The quantitative estimate of drug-likeness (QED) is 0.319. The Labute approximate surface area is 187 Å². The van der Waals surface area contributed by atoms with Gasteiger partial charge in [0.1, 0.15) is 17.2 Å². The number of unbranched alkanes of at least 4 members (excludes halogenated alkanes) is 1. The standard InChI is InChI=1S/C26H21N3O3/c1-2-3-16-26(20-4-10-23(11-5-20)30-17-27,21-6-12-24(13-7-21)31-18-28)22-8-14-25(15-9-22)32-19-29/h4-15H,2-3,16H2,1H3. The van der Waals surface area contributed by atoms with Crippen molar-refractivity contribution in [3.05, 3.63) is 89.5 Å². The molecule has 0 unspecified atom stereocenters. The van der Waals surface area contributed by atoms with Crippen LogP contribution < -0.4 is 14.2 Å². The van der Waals surface area contributed by atoms with Gasteiger partial charge in [-0.25, -0.2) is 0 Å². The topological polar surface area (TPSA) is 99.1 Å². The average Bonchev–Trinajstić information content (AvgIpc) is 2.83. The van der Waals surface area contributed by atoms with Gasteiger partial charge in [-0.05, 0) is 59.5 Å². The highest BCUT2D eigenvalue weighted by atomic mass is 16.5. The Kier molecular flexibility index (Phi) is 7.31. The Hall–Kier alpha value is -4.47. The summed E-state index contributed by atoms with van der Waals surface area (Å²) in [5.41, 5.74) is 2.56. The SMILES string of the molecule is CCCCC(c1ccc(OC#N)cc1)(c1ccc(OC#N)cc1)c1ccc(OC#N)cc1. The minimum absolute atomic E-state index is 0.469. The third kappa shape index (κ3) is 4.64. The van der Waals surface area contributed by atoms with E-state index in [-0.39, 0.29) is 0 Å². The Balaban J connectivity index is 2.21. The van der Waals surface area contributed by atoms with Gasteiger partial charge in [-0.2, -0.15) is 0 Å². The fraction of sp³-hybridized carbons (Fsp3) is 0.192. The van der Waals surface area contributed by atoms with E-state index in [1.165, 1.54) is 0 Å². The van der Waals surface area contributed by atoms with Crippen molar-refractivity contribution in [3.8, 4) is 36.0 Å². The van der Waals surface area contributed by atoms with Gasteiger partial charge in [-0.15, -0.1) is 15.8 Å². The minimum atomic E-state index is -0.516. The average molecular weight is 423 g/mol. The number of nitriles is 3. The van der Waals surface area contributed by atoms with E-state index in [9.17, 15) is 0 Å². The molecule has 0 aromatic heterocycles. The first-order chi connectivity index (χ1) is 15.7. The molecule has 3 rings (SSSR count). The number of hydrogen-bond donors (Lipinski definition) is 0. The second kappa shape index (κ2) is 10.5. The van der Waals surface area contributed by atoms with Gasteiger partial charge in [0.25, 0.3) is 18.8 Å². The molecule has 0 heterocycles. The first-order valence-electron chi connectivity index (χ1n) is 10.2. The molecule has 158 valence electrons. The lowest BCUT2D eigenvalue weighted by Gasteiger charge is -2.36. The van der Waals surface area contributed by atoms with Crippen molar-refractivity contribution >= 4 is 0 Å². The summed E-state index contributed by atoms with van der Waals surface area (Å²) in [6.07, 6.45) is 7.87. The van der Waals surface area contributed by atoms with Crippen molar-refractivity contribution in [2.24, 2.45) is 0 Å². The van der Waals surface area contributed by atoms with Gasteiger partial charge in [0.15, 0.2) is 0 Å². The van der Waals surface area contributed by atoms with Gasteiger partial charge in [0, 0.05) is 5.41 Å². The largest absolute Gasteiger partial charge is 0.388 e. The summed E-state index contributed by atoms with van der Waals surface area (Å²) in [4.78, 5) is 0. The van der Waals surface area contributed by atoms with E-state index in [4.69, 9.17) is 30.0 Å². The molecule has 3 aromatic carbocycles. The number of benzene rings is 3. The summed E-state index contributed by atoms with van der Waals surface area (Å²) < 4.78 is 14.9. The smallest absolute Gasteiger partial charge is 0.292 e. The van der Waals surface area contributed by atoms with Crippen LogP contribution in [0.3, 0.4) is 0 Å². The molecule has 0 saturated heterocycles. The summed E-state index contributed by atoms with van der Waals surface area (Å²) in [5.74, 6) is 1.41. The van der Waals surface area contributed by atoms with Crippen LogP contribution in [0.5, 0.6) is 17.2 Å². The molecule has 0 aliphatic rings. The molecule has 0 radical (unpaired) electrons. The second-order valence-corrected chi connectivity index (χ2v) is 7.16. The number of rotatable bonds is 9. The highest BCUT2D eigenvalue weighted by Gasteiger charge is 2.36. The van der Waals surface area contributed by atoms with E-state index in [1.54, 1.807) is 55.2 Å². The van der Waals surface area contributed by atoms with E-state index < -0.39 is 5.41 Å². The summed E-state index contributed by atoms with van der Waals surface area (Å²) >= 11 is 0. The Morgan fingerprint density at radius 3 is 1.16 bits per heavy atom. The first kappa shape index (κ1) is 22.2. The van der Waals surface area contributed by atoms with Gasteiger partial charge in [-0.1, -0.05) is 56.2 Å². The van der Waals surface area contributed by atoms with Gasteiger partial charge in [-0.3, -0.25) is 0 Å². The lowest BCUT2D eigenvalue weighted by Crippen LogP contribution is -2.29. The lowest BCUT2D eigenvalue weighted by atomic mass is 9.66. The van der Waals surface area contributed by atoms with Crippen LogP contribution in [0.4, 0.5) is 0 Å². The van der Waals surface area contributed by atoms with Crippen molar-refractivity contribution in [2.45, 2.75) is 31.6 Å². The van der Waals surface area contributed by atoms with E-state index in [0.717, 1.165) is 36.0 Å². The molecule has 0 aliphatic carbocycles. The summed E-state index contributed by atoms with van der Waals surface area (Å²) in [6, 6.07) is 22.4. The first-order valence-corrected chi connectivity index (χ1v) is 10.2. The molecule has 0 fully saturated rings. The Morgan fingerprint density at radius 1 is 0.594 bits per heavy atom. The molecule has 6 nitrogen and oxygen atoms in total. The Bertz CT molecular complexity index is 1010. The maximum Gasteiger partial charge on any atom is 0.292 e. The molecule has 0 atom stereocenters. The molecule has 0 saturated carbocycles. The molecule has 0 aliphatic heterocycles. The summed E-state index contributed by atoms with van der Waals surface area (Å²) in [6.45, 7) is 2.14. The van der Waals surface area contributed by atoms with E-state index in [0.29, 0.717) is 17.2 Å². The van der Waals surface area contributed by atoms with Gasteiger partial charge in [0.05, 0.1) is 0 Å². The molecule has 32 heavy (non-hydrogen) atoms. The van der Waals surface area contributed by atoms with Crippen LogP contribution >= 0.6 is 0 Å². The van der Waals surface area contributed by atoms with Gasteiger partial charge >= 0.3 is 0 Å². The maximum absolute atomic E-state index is 8.82. The normalized spacial score (nSPS) is 10.3. The zero-order chi connectivity index (χ0) is 22.8. The van der Waals surface area contributed by atoms with Crippen molar-refractivity contribution in [1.29, 1.82) is 15.8 Å². The van der Waals surface area contributed by atoms with Crippen LogP contribution in [0.1, 0.15) is 42.9 Å². The van der Waals surface area contributed by atoms with Crippen molar-refractivity contribution < 1.29 is 14.2 Å². The minimum Gasteiger partial charge on any atom is -0.388 e. The maximum atomic E-state index is 8.82. The zero-order valence-electron chi connectivity index (χ0n) is 17.6. The molecular weight excluding hydrogens is 402 g/mol. The number of nitrogens with zero attached hydrogens (tertiary/aromatic N) is 3. The zero-order valence-corrected chi connectivity index (χ0v) is 17.6. The molecule has 3 aromatic rings. The predicted molar refractivity (Wildman–Crippen MR) is 117 cm³/mol. The van der Waals surface area contributed by atoms with Crippen LogP contribution in [0, 0.1) is 34.6 Å². The molecule has 0 spiro atoms. The van der Waals surface area contributed by atoms with Crippen LogP contribution in [0.2, 0.25) is 0 Å². The van der Waals surface area contributed by atoms with Gasteiger partial charge < -0.3 is 14.2 Å². The Morgan fingerprint density at radius 2 is 0.906 bits per heavy atom. The van der Waals surface area contributed by atoms with Crippen LogP contribution in [-0.4, -0.2) is 0 Å². The van der Waals surface area contributed by atoms with E-state index in [2.05, 4.69) is 6.92 Å². The fourth-order valence-electron chi connectivity index (χ4n) is 3.96. The van der Waals surface area contributed by atoms with E-state index >= 15 is 0 Å². The van der Waals surface area contributed by atoms with Gasteiger partial charge in [0.2, 0.25) is 0 Å². The third-order valence-corrected chi connectivity index (χ3v) is 5.44. The third-order valence-electron chi connectivity index (χ3n) is 5.44. The number of ether oxygens (including phenoxy) is 3. The van der Waals surface area contributed by atoms with Crippen LogP contribution in [0.15, 0.2) is 72.8 Å².